The fourth-order valence-electron chi connectivity index (χ4n) is 3.11. The molecule has 5 nitrogen and oxygen atoms in total. The maximum absolute atomic E-state index is 12.5. The van der Waals surface area contributed by atoms with E-state index in [1.807, 2.05) is 36.4 Å². The van der Waals surface area contributed by atoms with Gasteiger partial charge in [-0.3, -0.25) is 4.79 Å². The van der Waals surface area contributed by atoms with Crippen molar-refractivity contribution in [2.75, 3.05) is 11.4 Å². The first-order chi connectivity index (χ1) is 14.1. The fourth-order valence-corrected chi connectivity index (χ4v) is 3.11. The van der Waals surface area contributed by atoms with E-state index in [1.54, 1.807) is 12.3 Å². The van der Waals surface area contributed by atoms with Crippen LogP contribution in [0, 0.1) is 0 Å². The summed E-state index contributed by atoms with van der Waals surface area (Å²) in [5.74, 6) is 0.408. The first-order valence-corrected chi connectivity index (χ1v) is 10.1. The molecule has 1 aromatic heterocycles. The number of hydrogen-bond donors (Lipinski definition) is 1. The van der Waals surface area contributed by atoms with Crippen LogP contribution >= 0.6 is 0 Å². The van der Waals surface area contributed by atoms with Crippen LogP contribution in [0.4, 0.5) is 5.95 Å². The molecule has 0 atom stereocenters. The molecule has 3 rings (SSSR count). The van der Waals surface area contributed by atoms with Gasteiger partial charge in [-0.05, 0) is 43.9 Å². The Kier molecular flexibility index (Phi) is 7.34. The highest BCUT2D eigenvalue weighted by atomic mass is 16.1. The van der Waals surface area contributed by atoms with Crippen LogP contribution in [0.25, 0.3) is 0 Å². The van der Waals surface area contributed by atoms with Crippen molar-refractivity contribution >= 4 is 11.9 Å². The van der Waals surface area contributed by atoms with Gasteiger partial charge in [0, 0.05) is 25.3 Å². The van der Waals surface area contributed by atoms with Crippen molar-refractivity contribution in [3.05, 3.63) is 89.7 Å². The molecule has 0 saturated heterocycles. The number of benzene rings is 2. The van der Waals surface area contributed by atoms with Gasteiger partial charge in [0.1, 0.15) is 5.69 Å². The van der Waals surface area contributed by atoms with Crippen molar-refractivity contribution in [2.24, 2.45) is 0 Å². The molecule has 0 aliphatic carbocycles. The van der Waals surface area contributed by atoms with Crippen LogP contribution in [0.1, 0.15) is 41.9 Å². The topological polar surface area (TPSA) is 58.1 Å². The van der Waals surface area contributed by atoms with E-state index < -0.39 is 0 Å². The number of aromatic nitrogens is 2. The summed E-state index contributed by atoms with van der Waals surface area (Å²) in [5.41, 5.74) is 2.86. The Morgan fingerprint density at radius 1 is 0.966 bits per heavy atom. The Morgan fingerprint density at radius 2 is 1.62 bits per heavy atom. The first-order valence-electron chi connectivity index (χ1n) is 10.1. The van der Waals surface area contributed by atoms with Crippen LogP contribution in [0.2, 0.25) is 0 Å². The molecule has 150 valence electrons. The van der Waals surface area contributed by atoms with E-state index in [1.165, 1.54) is 11.1 Å². The number of carbonyl (C=O) groups is 1. The number of rotatable bonds is 9. The number of anilines is 1. The van der Waals surface area contributed by atoms with Crippen molar-refractivity contribution in [1.29, 1.82) is 0 Å². The van der Waals surface area contributed by atoms with Crippen molar-refractivity contribution in [1.82, 2.24) is 15.3 Å². The van der Waals surface area contributed by atoms with Crippen LogP contribution in [0.3, 0.4) is 0 Å². The average Bonchev–Trinajstić information content (AvgIpc) is 2.76. The van der Waals surface area contributed by atoms with Gasteiger partial charge in [-0.15, -0.1) is 0 Å². The van der Waals surface area contributed by atoms with E-state index in [9.17, 15) is 4.79 Å². The lowest BCUT2D eigenvalue weighted by Crippen LogP contribution is -2.33. The van der Waals surface area contributed by atoms with Crippen LogP contribution in [-0.4, -0.2) is 28.5 Å². The molecule has 29 heavy (non-hydrogen) atoms. The molecule has 0 aliphatic heterocycles. The second-order valence-electron chi connectivity index (χ2n) is 7.29. The molecule has 0 radical (unpaired) electrons. The molecule has 0 unspecified atom stereocenters. The third-order valence-corrected chi connectivity index (χ3v) is 4.72. The molecule has 0 spiro atoms. The highest BCUT2D eigenvalue weighted by Crippen LogP contribution is 2.16. The summed E-state index contributed by atoms with van der Waals surface area (Å²) < 4.78 is 0. The Labute approximate surface area is 172 Å². The molecule has 3 aromatic rings. The van der Waals surface area contributed by atoms with Crippen LogP contribution in [0.15, 0.2) is 72.9 Å². The zero-order chi connectivity index (χ0) is 20.5. The monoisotopic (exact) mass is 388 g/mol. The van der Waals surface area contributed by atoms with Gasteiger partial charge in [-0.1, -0.05) is 60.7 Å². The van der Waals surface area contributed by atoms with E-state index in [-0.39, 0.29) is 11.9 Å². The summed E-state index contributed by atoms with van der Waals surface area (Å²) in [4.78, 5) is 23.6. The number of carbonyl (C=O) groups excluding carboxylic acids is 1. The largest absolute Gasteiger partial charge is 0.351 e. The Bertz CT molecular complexity index is 897. The molecule has 2 aromatic carbocycles. The van der Waals surface area contributed by atoms with E-state index >= 15 is 0 Å². The lowest BCUT2D eigenvalue weighted by atomic mass is 10.1. The first kappa shape index (κ1) is 20.5. The van der Waals surface area contributed by atoms with E-state index in [2.05, 4.69) is 58.3 Å². The number of hydrogen-bond acceptors (Lipinski definition) is 4. The summed E-state index contributed by atoms with van der Waals surface area (Å²) in [6.07, 6.45) is 3.48. The molecule has 0 aliphatic rings. The second-order valence-corrected chi connectivity index (χ2v) is 7.29. The summed E-state index contributed by atoms with van der Waals surface area (Å²) in [6.45, 7) is 5.51. The van der Waals surface area contributed by atoms with Gasteiger partial charge in [-0.2, -0.15) is 0 Å². The lowest BCUT2D eigenvalue weighted by Gasteiger charge is -2.27. The lowest BCUT2D eigenvalue weighted by molar-refractivity contribution is 0.0948. The molecular formula is C24H28N4O. The normalized spacial score (nSPS) is 10.7. The molecule has 1 heterocycles. The summed E-state index contributed by atoms with van der Waals surface area (Å²) >= 11 is 0. The predicted molar refractivity (Wildman–Crippen MR) is 117 cm³/mol. The summed E-state index contributed by atoms with van der Waals surface area (Å²) in [7, 11) is 0. The minimum Gasteiger partial charge on any atom is -0.351 e. The number of nitrogens with one attached hydrogen (secondary N) is 1. The maximum Gasteiger partial charge on any atom is 0.270 e. The zero-order valence-corrected chi connectivity index (χ0v) is 17.1. The highest BCUT2D eigenvalue weighted by molar-refractivity contribution is 5.92. The maximum atomic E-state index is 12.5. The predicted octanol–water partition coefficient (Wildman–Crippen LogP) is 4.25. The number of aryl methyl sites for hydroxylation is 1. The smallest absolute Gasteiger partial charge is 0.270 e. The number of amides is 1. The third-order valence-electron chi connectivity index (χ3n) is 4.72. The summed E-state index contributed by atoms with van der Waals surface area (Å²) in [5, 5.41) is 2.97. The van der Waals surface area contributed by atoms with Gasteiger partial charge in [0.15, 0.2) is 0 Å². The Hall–Kier alpha value is -3.21. The van der Waals surface area contributed by atoms with Crippen LogP contribution < -0.4 is 10.2 Å². The molecule has 1 amide bonds. The third kappa shape index (κ3) is 6.14. The van der Waals surface area contributed by atoms with E-state index in [0.717, 1.165) is 12.8 Å². The molecule has 0 saturated carbocycles. The minimum absolute atomic E-state index is 0.162. The molecule has 0 bridgehead atoms. The molecule has 0 fully saturated rings. The Balaban J connectivity index is 1.60. The Morgan fingerprint density at radius 3 is 2.28 bits per heavy atom. The number of nitrogens with zero attached hydrogens (tertiary/aromatic N) is 3. The van der Waals surface area contributed by atoms with Crippen molar-refractivity contribution in [3.63, 3.8) is 0 Å². The second kappa shape index (κ2) is 10.4. The van der Waals surface area contributed by atoms with Crippen LogP contribution in [0.5, 0.6) is 0 Å². The van der Waals surface area contributed by atoms with Gasteiger partial charge >= 0.3 is 0 Å². The van der Waals surface area contributed by atoms with Crippen molar-refractivity contribution in [2.45, 2.75) is 39.3 Å². The fraction of sp³-hybridized carbons (Fsp3) is 0.292. The quantitative estimate of drug-likeness (QED) is 0.557. The molecule has 5 heteroatoms. The van der Waals surface area contributed by atoms with E-state index in [4.69, 9.17) is 0 Å². The van der Waals surface area contributed by atoms with Gasteiger partial charge in [0.05, 0.1) is 0 Å². The SMILES string of the molecule is CC(C)N(Cc1ccccc1)c1nccc(C(=O)NCCCc2ccccc2)n1. The molecule has 1 N–H and O–H groups in total. The van der Waals surface area contributed by atoms with Gasteiger partial charge in [-0.25, -0.2) is 9.97 Å². The zero-order valence-electron chi connectivity index (χ0n) is 17.1. The van der Waals surface area contributed by atoms with Crippen molar-refractivity contribution < 1.29 is 4.79 Å². The van der Waals surface area contributed by atoms with Crippen molar-refractivity contribution in [3.8, 4) is 0 Å². The highest BCUT2D eigenvalue weighted by Gasteiger charge is 2.16. The van der Waals surface area contributed by atoms with Gasteiger partial charge in [0.2, 0.25) is 5.95 Å². The standard InChI is InChI=1S/C24H28N4O/c1-19(2)28(18-21-12-7-4-8-13-21)24-26-17-15-22(27-24)23(29)25-16-9-14-20-10-5-3-6-11-20/h3-8,10-13,15,17,19H,9,14,16,18H2,1-2H3,(H,25,29). The van der Waals surface area contributed by atoms with Gasteiger partial charge < -0.3 is 10.2 Å². The van der Waals surface area contributed by atoms with Gasteiger partial charge in [0.25, 0.3) is 5.91 Å². The minimum atomic E-state index is -0.162. The average molecular weight is 389 g/mol. The molecular weight excluding hydrogens is 360 g/mol. The van der Waals surface area contributed by atoms with E-state index in [0.29, 0.717) is 24.7 Å². The summed E-state index contributed by atoms with van der Waals surface area (Å²) in [6, 6.07) is 22.4. The van der Waals surface area contributed by atoms with Crippen LogP contribution in [-0.2, 0) is 13.0 Å².